The molecule has 1 aliphatic heterocycles. The lowest BCUT2D eigenvalue weighted by molar-refractivity contribution is -0.154. The summed E-state index contributed by atoms with van der Waals surface area (Å²) < 4.78 is 16.6. The minimum absolute atomic E-state index is 0.00161. The molecule has 7 heteroatoms. The molecule has 0 spiro atoms. The highest BCUT2D eigenvalue weighted by Gasteiger charge is 2.43. The average molecular weight is 500 g/mol. The van der Waals surface area contributed by atoms with Crippen molar-refractivity contribution in [3.05, 3.63) is 55.1 Å². The maximum atomic E-state index is 13.6. The number of nitrogens with zero attached hydrogens (tertiary/aromatic N) is 1. The number of unbranched alkanes of at least 4 members (excludes halogenated alkanes) is 3. The SMILES string of the molecule is C=CCCCCOC(=O)C[C@@H](CCCC)C(=O)N1C[C@H](Oc2ccccc2CC=C)C[C@H]1C(=O)OC. The number of amides is 1. The second-order valence-electron chi connectivity index (χ2n) is 9.15. The van der Waals surface area contributed by atoms with Gasteiger partial charge in [0.05, 0.1) is 26.7 Å². The standard InChI is InChI=1S/C29H41NO6/c1-5-8-10-13-18-35-27(31)19-23(15-9-6-2)28(32)30-21-24(20-25(30)29(33)34-4)36-26-17-12-11-16-22(26)14-7-3/h5,7,11-12,16-17,23-25H,1,3,6,8-10,13-15,18-21H2,2,4H3/t23-,24-,25+/m1/s1. The smallest absolute Gasteiger partial charge is 0.328 e. The summed E-state index contributed by atoms with van der Waals surface area (Å²) in [5, 5.41) is 0. The van der Waals surface area contributed by atoms with Crippen LogP contribution < -0.4 is 4.74 Å². The van der Waals surface area contributed by atoms with Crippen molar-refractivity contribution in [1.82, 2.24) is 4.90 Å². The molecule has 0 bridgehead atoms. The van der Waals surface area contributed by atoms with Crippen LogP contribution in [0, 0.1) is 5.92 Å². The third kappa shape index (κ3) is 8.85. The van der Waals surface area contributed by atoms with E-state index in [4.69, 9.17) is 14.2 Å². The van der Waals surface area contributed by atoms with Gasteiger partial charge in [-0.3, -0.25) is 9.59 Å². The molecule has 36 heavy (non-hydrogen) atoms. The highest BCUT2D eigenvalue weighted by Crippen LogP contribution is 2.29. The molecule has 1 saturated heterocycles. The van der Waals surface area contributed by atoms with Crippen LogP contribution in [0.25, 0.3) is 0 Å². The van der Waals surface area contributed by atoms with Gasteiger partial charge >= 0.3 is 11.9 Å². The number of carbonyl (C=O) groups is 3. The summed E-state index contributed by atoms with van der Waals surface area (Å²) >= 11 is 0. The second-order valence-corrected chi connectivity index (χ2v) is 9.15. The van der Waals surface area contributed by atoms with Crippen molar-refractivity contribution in [2.75, 3.05) is 20.3 Å². The van der Waals surface area contributed by atoms with Gasteiger partial charge in [0, 0.05) is 12.3 Å². The zero-order valence-electron chi connectivity index (χ0n) is 21.8. The van der Waals surface area contributed by atoms with Crippen molar-refractivity contribution >= 4 is 17.8 Å². The van der Waals surface area contributed by atoms with Crippen molar-refractivity contribution in [1.29, 1.82) is 0 Å². The van der Waals surface area contributed by atoms with Gasteiger partial charge in [0.2, 0.25) is 5.91 Å². The first-order chi connectivity index (χ1) is 17.4. The number of para-hydroxylation sites is 1. The molecule has 1 aromatic carbocycles. The van der Waals surface area contributed by atoms with Crippen LogP contribution in [-0.2, 0) is 30.3 Å². The van der Waals surface area contributed by atoms with Crippen molar-refractivity contribution < 1.29 is 28.6 Å². The third-order valence-corrected chi connectivity index (χ3v) is 6.38. The molecule has 1 amide bonds. The van der Waals surface area contributed by atoms with Crippen LogP contribution in [0.2, 0.25) is 0 Å². The fourth-order valence-electron chi connectivity index (χ4n) is 4.44. The van der Waals surface area contributed by atoms with Crippen molar-refractivity contribution in [2.45, 2.75) is 76.9 Å². The predicted molar refractivity (Wildman–Crippen MR) is 140 cm³/mol. The molecule has 1 aliphatic rings. The van der Waals surface area contributed by atoms with Crippen LogP contribution in [0.15, 0.2) is 49.6 Å². The van der Waals surface area contributed by atoms with E-state index in [1.54, 1.807) is 6.08 Å². The molecule has 1 fully saturated rings. The zero-order valence-corrected chi connectivity index (χ0v) is 21.8. The van der Waals surface area contributed by atoms with Gasteiger partial charge in [-0.05, 0) is 43.7 Å². The number of allylic oxidation sites excluding steroid dienone is 2. The molecule has 0 N–H and O–H groups in total. The quantitative estimate of drug-likeness (QED) is 0.180. The molecular formula is C29H41NO6. The van der Waals surface area contributed by atoms with Gasteiger partial charge < -0.3 is 19.1 Å². The van der Waals surface area contributed by atoms with E-state index in [9.17, 15) is 14.4 Å². The largest absolute Gasteiger partial charge is 0.488 e. The van der Waals surface area contributed by atoms with Crippen LogP contribution in [-0.4, -0.2) is 55.2 Å². The van der Waals surface area contributed by atoms with Gasteiger partial charge in [0.15, 0.2) is 0 Å². The number of hydrogen-bond donors (Lipinski definition) is 0. The third-order valence-electron chi connectivity index (χ3n) is 6.38. The van der Waals surface area contributed by atoms with Gasteiger partial charge in [0.25, 0.3) is 0 Å². The average Bonchev–Trinajstić information content (AvgIpc) is 3.30. The van der Waals surface area contributed by atoms with E-state index < -0.39 is 17.9 Å². The van der Waals surface area contributed by atoms with E-state index in [0.717, 1.165) is 37.7 Å². The first kappa shape index (κ1) is 29.1. The van der Waals surface area contributed by atoms with Crippen molar-refractivity contribution in [2.24, 2.45) is 5.92 Å². The van der Waals surface area contributed by atoms with Crippen molar-refractivity contribution in [3.63, 3.8) is 0 Å². The Balaban J connectivity index is 2.11. The summed E-state index contributed by atoms with van der Waals surface area (Å²) in [5.74, 6) is -0.934. The van der Waals surface area contributed by atoms with Gasteiger partial charge in [-0.1, -0.05) is 50.1 Å². The lowest BCUT2D eigenvalue weighted by Gasteiger charge is -2.27. The fourth-order valence-corrected chi connectivity index (χ4v) is 4.44. The second kappa shape index (κ2) is 15.8. The maximum Gasteiger partial charge on any atom is 0.328 e. The lowest BCUT2D eigenvalue weighted by Crippen LogP contribution is -2.44. The van der Waals surface area contributed by atoms with Crippen LogP contribution in [0.5, 0.6) is 5.75 Å². The summed E-state index contributed by atoms with van der Waals surface area (Å²) in [6, 6.07) is 6.92. The number of rotatable bonds is 16. The molecule has 3 atom stereocenters. The Labute approximate surface area is 215 Å². The van der Waals surface area contributed by atoms with E-state index in [-0.39, 0.29) is 30.9 Å². The first-order valence-corrected chi connectivity index (χ1v) is 12.9. The number of carbonyl (C=O) groups excluding carboxylic acids is 3. The molecule has 0 saturated carbocycles. The molecule has 198 valence electrons. The topological polar surface area (TPSA) is 82.1 Å². The zero-order chi connectivity index (χ0) is 26.3. The van der Waals surface area contributed by atoms with E-state index in [0.29, 0.717) is 31.6 Å². The molecule has 2 rings (SSSR count). The van der Waals surface area contributed by atoms with Gasteiger partial charge in [0.1, 0.15) is 17.9 Å². The number of likely N-dealkylation sites (tertiary alicyclic amines) is 1. The highest BCUT2D eigenvalue weighted by molar-refractivity contribution is 5.88. The van der Waals surface area contributed by atoms with Crippen LogP contribution in [0.4, 0.5) is 0 Å². The molecule has 0 aliphatic carbocycles. The van der Waals surface area contributed by atoms with Crippen LogP contribution in [0.1, 0.15) is 63.9 Å². The lowest BCUT2D eigenvalue weighted by atomic mass is 9.96. The Hall–Kier alpha value is -3.09. The Morgan fingerprint density at radius 3 is 2.61 bits per heavy atom. The van der Waals surface area contributed by atoms with Crippen LogP contribution >= 0.6 is 0 Å². The summed E-state index contributed by atoms with van der Waals surface area (Å²) in [4.78, 5) is 40.3. The summed E-state index contributed by atoms with van der Waals surface area (Å²) in [6.45, 7) is 10.1. The molecule has 0 radical (unpaired) electrons. The van der Waals surface area contributed by atoms with E-state index in [1.807, 2.05) is 37.3 Å². The number of methoxy groups -OCH3 is 1. The summed E-state index contributed by atoms with van der Waals surface area (Å²) in [5.41, 5.74) is 0.989. The molecular weight excluding hydrogens is 458 g/mol. The number of ether oxygens (including phenoxy) is 3. The minimum atomic E-state index is -0.752. The molecule has 1 heterocycles. The van der Waals surface area contributed by atoms with E-state index in [2.05, 4.69) is 13.2 Å². The number of hydrogen-bond acceptors (Lipinski definition) is 6. The fraction of sp³-hybridized carbons (Fsp3) is 0.552. The van der Waals surface area contributed by atoms with Crippen molar-refractivity contribution in [3.8, 4) is 5.75 Å². The summed E-state index contributed by atoms with van der Waals surface area (Å²) in [7, 11) is 1.32. The molecule has 1 aromatic rings. The van der Waals surface area contributed by atoms with E-state index >= 15 is 0 Å². The predicted octanol–water partition coefficient (Wildman–Crippen LogP) is 5.03. The Kier molecular flexibility index (Phi) is 12.8. The highest BCUT2D eigenvalue weighted by atomic mass is 16.5. The maximum absolute atomic E-state index is 13.6. The molecule has 0 unspecified atom stereocenters. The minimum Gasteiger partial charge on any atom is -0.488 e. The Morgan fingerprint density at radius 2 is 1.92 bits per heavy atom. The number of benzene rings is 1. The number of esters is 2. The summed E-state index contributed by atoms with van der Waals surface area (Å²) in [6.07, 6.45) is 9.04. The Morgan fingerprint density at radius 1 is 1.14 bits per heavy atom. The van der Waals surface area contributed by atoms with Gasteiger partial charge in [-0.15, -0.1) is 13.2 Å². The Bertz CT molecular complexity index is 882. The van der Waals surface area contributed by atoms with E-state index in [1.165, 1.54) is 12.0 Å². The monoisotopic (exact) mass is 499 g/mol. The normalized spacial score (nSPS) is 17.8. The molecule has 7 nitrogen and oxygen atoms in total. The molecule has 0 aromatic heterocycles. The van der Waals surface area contributed by atoms with Gasteiger partial charge in [-0.2, -0.15) is 0 Å². The van der Waals surface area contributed by atoms with Crippen LogP contribution in [0.3, 0.4) is 0 Å². The first-order valence-electron chi connectivity index (χ1n) is 12.9. The van der Waals surface area contributed by atoms with Gasteiger partial charge in [-0.25, -0.2) is 4.79 Å².